The van der Waals surface area contributed by atoms with Crippen molar-refractivity contribution < 1.29 is 4.74 Å². The van der Waals surface area contributed by atoms with Crippen molar-refractivity contribution in [1.29, 1.82) is 0 Å². The largest absolute Gasteiger partial charge is 0.501 e. The molecular weight excluding hydrogens is 88.1 g/mol. The van der Waals surface area contributed by atoms with Crippen LogP contribution in [-0.2, 0) is 4.74 Å². The van der Waals surface area contributed by atoms with Gasteiger partial charge in [-0.15, -0.1) is 0 Å². The van der Waals surface area contributed by atoms with Crippen LogP contribution in [0, 0.1) is 0 Å². The van der Waals surface area contributed by atoms with Crippen molar-refractivity contribution in [3.63, 3.8) is 0 Å². The molecule has 0 N–H and O–H groups in total. The van der Waals surface area contributed by atoms with E-state index in [1.165, 1.54) is 18.6 Å². The summed E-state index contributed by atoms with van der Waals surface area (Å²) in [6, 6.07) is 0. The van der Waals surface area contributed by atoms with Gasteiger partial charge in [-0.1, -0.05) is 0 Å². The van der Waals surface area contributed by atoms with E-state index < -0.39 is 0 Å². The van der Waals surface area contributed by atoms with E-state index >= 15 is 0 Å². The quantitative estimate of drug-likeness (QED) is 0.485. The first-order valence-corrected chi connectivity index (χ1v) is 2.66. The van der Waals surface area contributed by atoms with Gasteiger partial charge < -0.3 is 4.74 Å². The van der Waals surface area contributed by atoms with E-state index in [1.807, 2.05) is 0 Å². The minimum absolute atomic E-state index is 1.15. The van der Waals surface area contributed by atoms with E-state index in [0.29, 0.717) is 0 Å². The molecular formula is C6H10O. The van der Waals surface area contributed by atoms with Crippen LogP contribution < -0.4 is 0 Å². The van der Waals surface area contributed by atoms with Crippen LogP contribution in [0.15, 0.2) is 11.8 Å². The third-order valence-electron chi connectivity index (χ3n) is 1.26. The fourth-order valence-corrected chi connectivity index (χ4v) is 0.827. The second kappa shape index (κ2) is 2.01. The molecule has 0 unspecified atom stereocenters. The molecule has 0 saturated carbocycles. The van der Waals surface area contributed by atoms with Gasteiger partial charge >= 0.3 is 0 Å². The van der Waals surface area contributed by atoms with Gasteiger partial charge in [0, 0.05) is 6.42 Å². The van der Waals surface area contributed by atoms with Gasteiger partial charge in [0.25, 0.3) is 0 Å². The molecule has 0 heterocycles. The van der Waals surface area contributed by atoms with Gasteiger partial charge in [-0.25, -0.2) is 0 Å². The molecule has 1 nitrogen and oxygen atoms in total. The molecule has 0 aliphatic heterocycles. The van der Waals surface area contributed by atoms with Gasteiger partial charge in [-0.2, -0.15) is 0 Å². The Morgan fingerprint density at radius 1 is 1.71 bits per heavy atom. The van der Waals surface area contributed by atoms with Crippen molar-refractivity contribution in [2.24, 2.45) is 0 Å². The lowest BCUT2D eigenvalue weighted by Crippen LogP contribution is -1.77. The minimum Gasteiger partial charge on any atom is -0.501 e. The van der Waals surface area contributed by atoms with Crippen LogP contribution in [0.2, 0.25) is 0 Å². The summed E-state index contributed by atoms with van der Waals surface area (Å²) in [5.74, 6) is 1.17. The normalized spacial score (nSPS) is 19.3. The number of rotatable bonds is 1. The third-order valence-corrected chi connectivity index (χ3v) is 1.26. The highest BCUT2D eigenvalue weighted by atomic mass is 16.5. The molecule has 0 aromatic heterocycles. The van der Waals surface area contributed by atoms with Crippen LogP contribution in [0.3, 0.4) is 0 Å². The average molecular weight is 98.1 g/mol. The Kier molecular flexibility index (Phi) is 1.35. The predicted molar refractivity (Wildman–Crippen MR) is 28.9 cm³/mol. The molecule has 1 heteroatoms. The summed E-state index contributed by atoms with van der Waals surface area (Å²) >= 11 is 0. The van der Waals surface area contributed by atoms with Crippen molar-refractivity contribution in [2.75, 3.05) is 7.11 Å². The smallest absolute Gasteiger partial charge is 0.0915 e. The lowest BCUT2D eigenvalue weighted by Gasteiger charge is -1.94. The number of hydrogen-bond acceptors (Lipinski definition) is 1. The summed E-state index contributed by atoms with van der Waals surface area (Å²) in [6.45, 7) is 0. The summed E-state index contributed by atoms with van der Waals surface area (Å²) in [4.78, 5) is 0. The zero-order chi connectivity index (χ0) is 5.11. The molecule has 40 valence electrons. The molecule has 1 rings (SSSR count). The molecule has 0 atom stereocenters. The zero-order valence-corrected chi connectivity index (χ0v) is 4.61. The number of allylic oxidation sites excluding steroid dienone is 2. The SMILES string of the molecule is COC1=CCCC1. The molecule has 0 aromatic rings. The highest BCUT2D eigenvalue weighted by Crippen LogP contribution is 2.16. The summed E-state index contributed by atoms with van der Waals surface area (Å²) in [5.41, 5.74) is 0. The summed E-state index contributed by atoms with van der Waals surface area (Å²) in [5, 5.41) is 0. The third kappa shape index (κ3) is 0.952. The fourth-order valence-electron chi connectivity index (χ4n) is 0.827. The van der Waals surface area contributed by atoms with Crippen molar-refractivity contribution >= 4 is 0 Å². The fraction of sp³-hybridized carbons (Fsp3) is 0.667. The first-order chi connectivity index (χ1) is 3.43. The molecule has 7 heavy (non-hydrogen) atoms. The van der Waals surface area contributed by atoms with Gasteiger partial charge in [0.1, 0.15) is 0 Å². The first-order valence-electron chi connectivity index (χ1n) is 2.66. The molecule has 0 spiro atoms. The van der Waals surface area contributed by atoms with Crippen LogP contribution in [0.1, 0.15) is 19.3 Å². The van der Waals surface area contributed by atoms with Gasteiger partial charge in [-0.05, 0) is 18.9 Å². The Hall–Kier alpha value is -0.460. The number of hydrogen-bond donors (Lipinski definition) is 0. The standard InChI is InChI=1S/C6H10O/c1-7-6-4-2-3-5-6/h4H,2-3,5H2,1H3. The van der Waals surface area contributed by atoms with Gasteiger partial charge in [0.15, 0.2) is 0 Å². The van der Waals surface area contributed by atoms with E-state index in [4.69, 9.17) is 4.74 Å². The minimum atomic E-state index is 1.15. The maximum Gasteiger partial charge on any atom is 0.0915 e. The van der Waals surface area contributed by atoms with E-state index in [1.54, 1.807) is 7.11 Å². The van der Waals surface area contributed by atoms with Crippen LogP contribution in [-0.4, -0.2) is 7.11 Å². The second-order valence-corrected chi connectivity index (χ2v) is 1.77. The Morgan fingerprint density at radius 2 is 2.57 bits per heavy atom. The molecule has 1 aliphatic rings. The highest BCUT2D eigenvalue weighted by molar-refractivity contribution is 4.98. The van der Waals surface area contributed by atoms with Crippen LogP contribution in [0.4, 0.5) is 0 Å². The van der Waals surface area contributed by atoms with E-state index in [2.05, 4.69) is 6.08 Å². The van der Waals surface area contributed by atoms with Gasteiger partial charge in [0.2, 0.25) is 0 Å². The molecule has 0 aromatic carbocycles. The first kappa shape index (κ1) is 4.69. The van der Waals surface area contributed by atoms with Crippen molar-refractivity contribution in [3.8, 4) is 0 Å². The monoisotopic (exact) mass is 98.1 g/mol. The van der Waals surface area contributed by atoms with E-state index in [9.17, 15) is 0 Å². The van der Waals surface area contributed by atoms with E-state index in [0.717, 1.165) is 6.42 Å². The maximum atomic E-state index is 4.97. The number of ether oxygens (including phenoxy) is 1. The Labute approximate surface area is 44.0 Å². The lowest BCUT2D eigenvalue weighted by atomic mass is 10.4. The second-order valence-electron chi connectivity index (χ2n) is 1.77. The Bertz CT molecular complexity index is 84.2. The zero-order valence-electron chi connectivity index (χ0n) is 4.61. The summed E-state index contributed by atoms with van der Waals surface area (Å²) < 4.78 is 4.97. The van der Waals surface area contributed by atoms with Gasteiger partial charge in [-0.3, -0.25) is 0 Å². The average Bonchev–Trinajstić information content (AvgIpc) is 2.14. The van der Waals surface area contributed by atoms with Crippen molar-refractivity contribution in [3.05, 3.63) is 11.8 Å². The molecule has 0 bridgehead atoms. The molecule has 0 saturated heterocycles. The van der Waals surface area contributed by atoms with Gasteiger partial charge in [0.05, 0.1) is 12.9 Å². The molecule has 0 amide bonds. The Morgan fingerprint density at radius 3 is 2.86 bits per heavy atom. The molecule has 0 radical (unpaired) electrons. The van der Waals surface area contributed by atoms with E-state index in [-0.39, 0.29) is 0 Å². The van der Waals surface area contributed by atoms with Crippen molar-refractivity contribution in [2.45, 2.75) is 19.3 Å². The maximum absolute atomic E-state index is 4.97. The molecule has 1 aliphatic carbocycles. The molecule has 0 fully saturated rings. The summed E-state index contributed by atoms with van der Waals surface area (Å²) in [7, 11) is 1.73. The topological polar surface area (TPSA) is 9.23 Å². The lowest BCUT2D eigenvalue weighted by molar-refractivity contribution is 0.282. The van der Waals surface area contributed by atoms with Crippen LogP contribution >= 0.6 is 0 Å². The Balaban J connectivity index is 2.36. The predicted octanol–water partition coefficient (Wildman–Crippen LogP) is 1.70. The number of methoxy groups -OCH3 is 1. The summed E-state index contributed by atoms with van der Waals surface area (Å²) in [6.07, 6.45) is 5.79. The van der Waals surface area contributed by atoms with Crippen molar-refractivity contribution in [1.82, 2.24) is 0 Å². The van der Waals surface area contributed by atoms with Crippen LogP contribution in [0.5, 0.6) is 0 Å². The van der Waals surface area contributed by atoms with Crippen LogP contribution in [0.25, 0.3) is 0 Å². The highest BCUT2D eigenvalue weighted by Gasteiger charge is 2.01.